The third-order valence-electron chi connectivity index (χ3n) is 3.19. The van der Waals surface area contributed by atoms with E-state index in [9.17, 15) is 0 Å². The van der Waals surface area contributed by atoms with Gasteiger partial charge in [0.2, 0.25) is 0 Å². The zero-order chi connectivity index (χ0) is 11.2. The maximum Gasteiger partial charge on any atom is 0.0923 e. The van der Waals surface area contributed by atoms with Crippen LogP contribution < -0.4 is 0 Å². The number of nitrogens with zero attached hydrogens (tertiary/aromatic N) is 2. The Hall–Kier alpha value is -2.42. The molecule has 0 aliphatic carbocycles. The minimum Gasteiger partial charge on any atom is -0.346 e. The molecule has 0 spiro atoms. The second kappa shape index (κ2) is 3.04. The van der Waals surface area contributed by atoms with Gasteiger partial charge in [-0.25, -0.2) is 4.98 Å². The van der Waals surface area contributed by atoms with Crippen molar-refractivity contribution in [3.63, 3.8) is 0 Å². The molecule has 0 bridgehead atoms. The minimum atomic E-state index is 1.05. The molecule has 80 valence electrons. The SMILES string of the molecule is c1cc2ccc3ccc4[nH]cncc4c3c2n1. The van der Waals surface area contributed by atoms with Crippen molar-refractivity contribution >= 4 is 32.6 Å². The van der Waals surface area contributed by atoms with Crippen LogP contribution in [0.4, 0.5) is 0 Å². The van der Waals surface area contributed by atoms with Crippen molar-refractivity contribution in [3.8, 4) is 0 Å². The summed E-state index contributed by atoms with van der Waals surface area (Å²) in [6.45, 7) is 0. The van der Waals surface area contributed by atoms with Gasteiger partial charge in [0.15, 0.2) is 0 Å². The fraction of sp³-hybridized carbons (Fsp3) is 0. The standard InChI is InChI=1S/C14H9N3/c1-2-10-5-6-16-14(10)13-9(1)3-4-12-11(13)7-15-8-17-12/h1-8H,(H,15,17). The van der Waals surface area contributed by atoms with E-state index in [0.717, 1.165) is 16.4 Å². The summed E-state index contributed by atoms with van der Waals surface area (Å²) in [5.74, 6) is 0. The number of H-pyrrole nitrogens is 1. The quantitative estimate of drug-likeness (QED) is 0.461. The lowest BCUT2D eigenvalue weighted by Gasteiger charge is -2.04. The molecule has 0 saturated heterocycles. The van der Waals surface area contributed by atoms with Crippen LogP contribution in [0.25, 0.3) is 32.6 Å². The van der Waals surface area contributed by atoms with E-state index < -0.39 is 0 Å². The normalized spacial score (nSPS) is 11.5. The third kappa shape index (κ3) is 1.11. The molecule has 0 atom stereocenters. The Labute approximate surface area is 97.1 Å². The van der Waals surface area contributed by atoms with Gasteiger partial charge >= 0.3 is 0 Å². The van der Waals surface area contributed by atoms with E-state index in [0.29, 0.717) is 0 Å². The van der Waals surface area contributed by atoms with Crippen molar-refractivity contribution in [2.45, 2.75) is 0 Å². The lowest BCUT2D eigenvalue weighted by atomic mass is 10.0. The maximum atomic E-state index is 4.46. The Morgan fingerprint density at radius 1 is 0.941 bits per heavy atom. The first-order valence-corrected chi connectivity index (χ1v) is 5.52. The smallest absolute Gasteiger partial charge is 0.0923 e. The van der Waals surface area contributed by atoms with Crippen molar-refractivity contribution in [1.29, 1.82) is 0 Å². The van der Waals surface area contributed by atoms with Crippen LogP contribution in [0.15, 0.2) is 49.1 Å². The molecule has 0 fully saturated rings. The Kier molecular flexibility index (Phi) is 1.56. The number of fused-ring (bicyclic) bond motifs is 5. The number of aromatic amines is 1. The fourth-order valence-corrected chi connectivity index (χ4v) is 2.39. The average molecular weight is 219 g/mol. The highest BCUT2D eigenvalue weighted by molar-refractivity contribution is 6.18. The second-order valence-corrected chi connectivity index (χ2v) is 4.12. The van der Waals surface area contributed by atoms with Crippen molar-refractivity contribution in [2.75, 3.05) is 0 Å². The number of hydrogen-bond donors (Lipinski definition) is 1. The minimum absolute atomic E-state index is 1.05. The highest BCUT2D eigenvalue weighted by Gasteiger charge is 2.06. The van der Waals surface area contributed by atoms with E-state index in [-0.39, 0.29) is 0 Å². The second-order valence-electron chi connectivity index (χ2n) is 4.12. The molecular weight excluding hydrogens is 210 g/mol. The maximum absolute atomic E-state index is 4.46. The molecule has 3 heteroatoms. The molecule has 3 nitrogen and oxygen atoms in total. The van der Waals surface area contributed by atoms with Gasteiger partial charge in [0.25, 0.3) is 0 Å². The molecule has 4 aromatic rings. The number of rotatable bonds is 0. The van der Waals surface area contributed by atoms with E-state index in [1.54, 1.807) is 6.33 Å². The van der Waals surface area contributed by atoms with Crippen LogP contribution in [0.5, 0.6) is 0 Å². The molecule has 2 aromatic heterocycles. The highest BCUT2D eigenvalue weighted by Crippen LogP contribution is 2.29. The van der Waals surface area contributed by atoms with Crippen LogP contribution in [0.1, 0.15) is 0 Å². The van der Waals surface area contributed by atoms with Gasteiger partial charge in [0, 0.05) is 34.1 Å². The summed E-state index contributed by atoms with van der Waals surface area (Å²) in [6.07, 6.45) is 5.44. The molecule has 0 saturated carbocycles. The average Bonchev–Trinajstić information content (AvgIpc) is 2.86. The van der Waals surface area contributed by atoms with Crippen LogP contribution in [0, 0.1) is 0 Å². The van der Waals surface area contributed by atoms with Crippen LogP contribution >= 0.6 is 0 Å². The van der Waals surface area contributed by atoms with Gasteiger partial charge in [-0.2, -0.15) is 0 Å². The molecule has 0 aliphatic heterocycles. The fourth-order valence-electron chi connectivity index (χ4n) is 2.39. The summed E-state index contributed by atoms with van der Waals surface area (Å²) in [4.78, 5) is 11.8. The molecular formula is C14H9N3. The van der Waals surface area contributed by atoms with Gasteiger partial charge in [-0.1, -0.05) is 18.2 Å². The number of nitrogens with one attached hydrogen (secondary N) is 1. The third-order valence-corrected chi connectivity index (χ3v) is 3.19. The molecule has 4 rings (SSSR count). The lowest BCUT2D eigenvalue weighted by molar-refractivity contribution is 1.23. The monoisotopic (exact) mass is 219 g/mol. The van der Waals surface area contributed by atoms with E-state index in [4.69, 9.17) is 0 Å². The van der Waals surface area contributed by atoms with Crippen LogP contribution in [-0.2, 0) is 0 Å². The van der Waals surface area contributed by atoms with E-state index in [1.807, 2.05) is 18.5 Å². The summed E-state index contributed by atoms with van der Waals surface area (Å²) in [6, 6.07) is 10.5. The van der Waals surface area contributed by atoms with Crippen LogP contribution in [0.2, 0.25) is 0 Å². The van der Waals surface area contributed by atoms with E-state index in [1.165, 1.54) is 16.2 Å². The lowest BCUT2D eigenvalue weighted by Crippen LogP contribution is -1.84. The van der Waals surface area contributed by atoms with E-state index >= 15 is 0 Å². The molecule has 0 amide bonds. The molecule has 2 aromatic carbocycles. The first-order valence-electron chi connectivity index (χ1n) is 5.52. The molecule has 0 aliphatic rings. The zero-order valence-corrected chi connectivity index (χ0v) is 9.01. The van der Waals surface area contributed by atoms with E-state index in [2.05, 4.69) is 39.2 Å². The summed E-state index contributed by atoms with van der Waals surface area (Å²) >= 11 is 0. The number of aromatic nitrogens is 3. The highest BCUT2D eigenvalue weighted by atomic mass is 14.8. The Morgan fingerprint density at radius 3 is 2.82 bits per heavy atom. The summed E-state index contributed by atoms with van der Waals surface area (Å²) in [7, 11) is 0. The molecule has 2 heterocycles. The van der Waals surface area contributed by atoms with Crippen molar-refractivity contribution < 1.29 is 0 Å². The topological polar surface area (TPSA) is 41.6 Å². The van der Waals surface area contributed by atoms with Crippen LogP contribution in [0.3, 0.4) is 0 Å². The zero-order valence-electron chi connectivity index (χ0n) is 9.01. The van der Waals surface area contributed by atoms with Gasteiger partial charge in [0.05, 0.1) is 11.8 Å². The van der Waals surface area contributed by atoms with Crippen molar-refractivity contribution in [1.82, 2.24) is 15.0 Å². The van der Waals surface area contributed by atoms with Gasteiger partial charge in [-0.3, -0.25) is 4.98 Å². The largest absolute Gasteiger partial charge is 0.346 e. The van der Waals surface area contributed by atoms with Crippen LogP contribution in [-0.4, -0.2) is 15.0 Å². The van der Waals surface area contributed by atoms with Crippen molar-refractivity contribution in [3.05, 3.63) is 49.1 Å². The van der Waals surface area contributed by atoms with Gasteiger partial charge in [-0.15, -0.1) is 0 Å². The molecule has 0 radical (unpaired) electrons. The Bertz CT molecular complexity index is 846. The molecule has 1 N–H and O–H groups in total. The summed E-state index contributed by atoms with van der Waals surface area (Å²) in [5.41, 5.74) is 2.14. The van der Waals surface area contributed by atoms with Gasteiger partial charge in [-0.05, 0) is 17.5 Å². The predicted octanol–water partition coefficient (Wildman–Crippen LogP) is 3.26. The summed E-state index contributed by atoms with van der Waals surface area (Å²) in [5, 5.41) is 4.67. The Balaban J connectivity index is 2.41. The predicted molar refractivity (Wildman–Crippen MR) is 68.9 cm³/mol. The van der Waals surface area contributed by atoms with Crippen molar-refractivity contribution in [2.24, 2.45) is 0 Å². The number of hydrogen-bond acceptors (Lipinski definition) is 2. The molecule has 17 heavy (non-hydrogen) atoms. The summed E-state index contributed by atoms with van der Waals surface area (Å²) < 4.78 is 0. The van der Waals surface area contributed by atoms with Gasteiger partial charge < -0.3 is 4.98 Å². The first kappa shape index (κ1) is 8.70. The number of benzene rings is 2. The first-order chi connectivity index (χ1) is 8.43. The molecule has 0 unspecified atom stereocenters. The van der Waals surface area contributed by atoms with Gasteiger partial charge in [0.1, 0.15) is 0 Å². The Morgan fingerprint density at radius 2 is 1.82 bits per heavy atom.